The molecule has 0 radical (unpaired) electrons. The molecule has 1 amide bonds. The molecule has 1 aliphatic rings. The molecule has 1 aromatic rings. The van der Waals surface area contributed by atoms with Crippen molar-refractivity contribution in [1.29, 1.82) is 0 Å². The number of benzene rings is 1. The molecule has 2 unspecified atom stereocenters. The number of carbonyl (C=O) groups excluding carboxylic acids is 1. The van der Waals surface area contributed by atoms with Gasteiger partial charge in [0.15, 0.2) is 6.10 Å². The van der Waals surface area contributed by atoms with Gasteiger partial charge in [-0.15, -0.1) is 11.6 Å². The van der Waals surface area contributed by atoms with Crippen molar-refractivity contribution >= 4 is 17.5 Å². The van der Waals surface area contributed by atoms with E-state index in [0.717, 1.165) is 24.2 Å². The summed E-state index contributed by atoms with van der Waals surface area (Å²) in [6, 6.07) is 7.75. The van der Waals surface area contributed by atoms with Gasteiger partial charge in [-0.1, -0.05) is 31.5 Å². The van der Waals surface area contributed by atoms with Gasteiger partial charge in [0.25, 0.3) is 5.91 Å². The van der Waals surface area contributed by atoms with Gasteiger partial charge in [-0.25, -0.2) is 0 Å². The van der Waals surface area contributed by atoms with Crippen molar-refractivity contribution < 1.29 is 9.53 Å². The molecule has 0 saturated carbocycles. The Hall–Kier alpha value is -1.22. The molecule has 1 aromatic carbocycles. The summed E-state index contributed by atoms with van der Waals surface area (Å²) in [7, 11) is 0. The number of para-hydroxylation sites is 1. The minimum absolute atomic E-state index is 0.00253. The molecule has 0 saturated heterocycles. The van der Waals surface area contributed by atoms with E-state index in [-0.39, 0.29) is 11.3 Å². The Kier molecular flexibility index (Phi) is 4.48. The number of amides is 1. The van der Waals surface area contributed by atoms with Crippen LogP contribution in [0.15, 0.2) is 24.3 Å². The maximum absolute atomic E-state index is 11.9. The first-order valence-corrected chi connectivity index (χ1v) is 6.80. The highest BCUT2D eigenvalue weighted by molar-refractivity contribution is 6.20. The summed E-state index contributed by atoms with van der Waals surface area (Å²) >= 11 is 6.07. The first-order chi connectivity index (χ1) is 8.70. The summed E-state index contributed by atoms with van der Waals surface area (Å²) < 4.78 is 5.61. The Bertz CT molecular complexity index is 397. The van der Waals surface area contributed by atoms with Crippen LogP contribution in [0.25, 0.3) is 0 Å². The first kappa shape index (κ1) is 13.2. The van der Waals surface area contributed by atoms with Crippen LogP contribution in [0.2, 0.25) is 0 Å². The molecule has 98 valence electrons. The Labute approximate surface area is 112 Å². The van der Waals surface area contributed by atoms with Crippen LogP contribution in [0.1, 0.15) is 25.3 Å². The number of halogens is 1. The van der Waals surface area contributed by atoms with E-state index in [9.17, 15) is 4.79 Å². The molecule has 0 aliphatic carbocycles. The lowest BCUT2D eigenvalue weighted by Crippen LogP contribution is -2.40. The summed E-state index contributed by atoms with van der Waals surface area (Å²) in [5.41, 5.74) is 1.09. The van der Waals surface area contributed by atoms with Crippen LogP contribution in [-0.2, 0) is 11.2 Å². The summed E-state index contributed by atoms with van der Waals surface area (Å²) in [5, 5.41) is 2.85. The summed E-state index contributed by atoms with van der Waals surface area (Å²) in [6.07, 6.45) is 2.17. The maximum atomic E-state index is 11.9. The van der Waals surface area contributed by atoms with Crippen molar-refractivity contribution in [3.63, 3.8) is 0 Å². The third-order valence-electron chi connectivity index (χ3n) is 3.04. The minimum atomic E-state index is -0.409. The fourth-order valence-electron chi connectivity index (χ4n) is 2.07. The third-order valence-corrected chi connectivity index (χ3v) is 3.41. The lowest BCUT2D eigenvalue weighted by Gasteiger charge is -2.13. The molecular formula is C14H18ClNO2. The van der Waals surface area contributed by atoms with Crippen molar-refractivity contribution in [3.05, 3.63) is 29.8 Å². The predicted molar refractivity (Wildman–Crippen MR) is 72.1 cm³/mol. The van der Waals surface area contributed by atoms with E-state index in [4.69, 9.17) is 16.3 Å². The largest absolute Gasteiger partial charge is 0.480 e. The quantitative estimate of drug-likeness (QED) is 0.833. The van der Waals surface area contributed by atoms with Gasteiger partial charge in [0.05, 0.1) is 5.38 Å². The van der Waals surface area contributed by atoms with Crippen LogP contribution < -0.4 is 10.1 Å². The predicted octanol–water partition coefficient (Wildman–Crippen LogP) is 2.51. The smallest absolute Gasteiger partial charge is 0.261 e. The van der Waals surface area contributed by atoms with E-state index < -0.39 is 6.10 Å². The number of alkyl halides is 1. The Morgan fingerprint density at radius 1 is 1.56 bits per heavy atom. The topological polar surface area (TPSA) is 38.3 Å². The van der Waals surface area contributed by atoms with Crippen LogP contribution in [0.5, 0.6) is 5.75 Å². The zero-order valence-electron chi connectivity index (χ0n) is 10.5. The lowest BCUT2D eigenvalue weighted by molar-refractivity contribution is -0.127. The highest BCUT2D eigenvalue weighted by Crippen LogP contribution is 2.28. The van der Waals surface area contributed by atoms with Crippen molar-refractivity contribution in [2.24, 2.45) is 0 Å². The normalized spacial score (nSPS) is 18.9. The van der Waals surface area contributed by atoms with E-state index in [1.54, 1.807) is 0 Å². The highest BCUT2D eigenvalue weighted by Gasteiger charge is 2.28. The van der Waals surface area contributed by atoms with Crippen molar-refractivity contribution in [3.8, 4) is 5.75 Å². The van der Waals surface area contributed by atoms with Gasteiger partial charge < -0.3 is 10.1 Å². The van der Waals surface area contributed by atoms with Crippen LogP contribution in [0.3, 0.4) is 0 Å². The second-order valence-electron chi connectivity index (χ2n) is 4.55. The molecule has 4 heteroatoms. The maximum Gasteiger partial charge on any atom is 0.261 e. The van der Waals surface area contributed by atoms with Gasteiger partial charge in [-0.3, -0.25) is 4.79 Å². The van der Waals surface area contributed by atoms with Gasteiger partial charge in [0.1, 0.15) is 5.75 Å². The number of hydrogen-bond acceptors (Lipinski definition) is 2. The van der Waals surface area contributed by atoms with Gasteiger partial charge in [0.2, 0.25) is 0 Å². The number of nitrogens with one attached hydrogen (secondary N) is 1. The molecule has 18 heavy (non-hydrogen) atoms. The van der Waals surface area contributed by atoms with Crippen molar-refractivity contribution in [2.45, 2.75) is 37.7 Å². The molecule has 3 nitrogen and oxygen atoms in total. The zero-order chi connectivity index (χ0) is 13.0. The van der Waals surface area contributed by atoms with E-state index in [1.807, 2.05) is 24.3 Å². The Balaban J connectivity index is 1.82. The molecule has 2 rings (SSSR count). The van der Waals surface area contributed by atoms with Crippen molar-refractivity contribution in [1.82, 2.24) is 5.32 Å². The number of hydrogen-bond donors (Lipinski definition) is 1. The standard InChI is InChI=1S/C14H18ClNO2/c1-2-5-11(15)9-16-14(17)13-8-10-6-3-4-7-12(10)18-13/h3-4,6-7,11,13H,2,5,8-9H2,1H3,(H,16,17). The van der Waals surface area contributed by atoms with Gasteiger partial charge in [-0.05, 0) is 18.1 Å². The molecule has 1 N–H and O–H groups in total. The average Bonchev–Trinajstić information content (AvgIpc) is 2.80. The third kappa shape index (κ3) is 3.16. The number of carbonyl (C=O) groups is 1. The SMILES string of the molecule is CCCC(Cl)CNC(=O)C1Cc2ccccc2O1. The van der Waals surface area contributed by atoms with Crippen LogP contribution in [0, 0.1) is 0 Å². The van der Waals surface area contributed by atoms with E-state index in [0.29, 0.717) is 13.0 Å². The fraction of sp³-hybridized carbons (Fsp3) is 0.500. The fourth-order valence-corrected chi connectivity index (χ4v) is 2.36. The van der Waals surface area contributed by atoms with Gasteiger partial charge in [0, 0.05) is 13.0 Å². The molecule has 2 atom stereocenters. The van der Waals surface area contributed by atoms with E-state index >= 15 is 0 Å². The summed E-state index contributed by atoms with van der Waals surface area (Å²) in [6.45, 7) is 2.58. The monoisotopic (exact) mass is 267 g/mol. The van der Waals surface area contributed by atoms with Gasteiger partial charge >= 0.3 is 0 Å². The molecule has 0 spiro atoms. The molecule has 1 aliphatic heterocycles. The zero-order valence-corrected chi connectivity index (χ0v) is 11.2. The average molecular weight is 268 g/mol. The Morgan fingerprint density at radius 2 is 2.33 bits per heavy atom. The van der Waals surface area contributed by atoms with Crippen LogP contribution >= 0.6 is 11.6 Å². The van der Waals surface area contributed by atoms with Crippen LogP contribution in [-0.4, -0.2) is 23.9 Å². The molecular weight excluding hydrogens is 250 g/mol. The molecule has 0 bridgehead atoms. The van der Waals surface area contributed by atoms with Crippen LogP contribution in [0.4, 0.5) is 0 Å². The molecule has 1 heterocycles. The minimum Gasteiger partial charge on any atom is -0.480 e. The van der Waals surface area contributed by atoms with E-state index in [1.165, 1.54) is 0 Å². The van der Waals surface area contributed by atoms with Gasteiger partial charge in [-0.2, -0.15) is 0 Å². The van der Waals surface area contributed by atoms with Crippen molar-refractivity contribution in [2.75, 3.05) is 6.54 Å². The van der Waals surface area contributed by atoms with E-state index in [2.05, 4.69) is 12.2 Å². The molecule has 0 fully saturated rings. The number of rotatable bonds is 5. The first-order valence-electron chi connectivity index (χ1n) is 6.37. The Morgan fingerprint density at radius 3 is 3.06 bits per heavy atom. The highest BCUT2D eigenvalue weighted by atomic mass is 35.5. The summed E-state index contributed by atoms with van der Waals surface area (Å²) in [4.78, 5) is 11.9. The lowest BCUT2D eigenvalue weighted by atomic mass is 10.1. The number of fused-ring (bicyclic) bond motifs is 1. The second kappa shape index (κ2) is 6.10. The molecule has 0 aromatic heterocycles. The number of ether oxygens (including phenoxy) is 1. The summed E-state index contributed by atoms with van der Waals surface area (Å²) in [5.74, 6) is 0.738. The second-order valence-corrected chi connectivity index (χ2v) is 5.17.